The average Bonchev–Trinajstić information content (AvgIpc) is 2.92. The van der Waals surface area contributed by atoms with Crippen LogP contribution in [0.4, 0.5) is 17.1 Å². The van der Waals surface area contributed by atoms with Gasteiger partial charge in [0.15, 0.2) is 0 Å². The third-order valence-electron chi connectivity index (χ3n) is 6.05. The molecule has 3 aromatic carbocycles. The van der Waals surface area contributed by atoms with Crippen LogP contribution in [0, 0.1) is 6.92 Å². The van der Waals surface area contributed by atoms with Crippen molar-refractivity contribution in [3.63, 3.8) is 0 Å². The van der Waals surface area contributed by atoms with Gasteiger partial charge in [0, 0.05) is 17.1 Å². The number of para-hydroxylation sites is 2. The summed E-state index contributed by atoms with van der Waals surface area (Å²) in [7, 11) is -0.349. The van der Waals surface area contributed by atoms with Crippen LogP contribution in [0.15, 0.2) is 78.9 Å². The maximum Gasteiger partial charge on any atom is 0.494 e. The Morgan fingerprint density at radius 3 is 1.76 bits per heavy atom. The largest absolute Gasteiger partial charge is 0.494 e. The smallest absolute Gasteiger partial charge is 0.399 e. The quantitative estimate of drug-likeness (QED) is 0.533. The molecule has 0 atom stereocenters. The van der Waals surface area contributed by atoms with Crippen molar-refractivity contribution in [2.75, 3.05) is 4.90 Å². The molecule has 0 N–H and O–H groups in total. The van der Waals surface area contributed by atoms with Crippen molar-refractivity contribution in [2.24, 2.45) is 0 Å². The highest BCUT2D eigenvalue weighted by Crippen LogP contribution is 2.38. The molecule has 1 saturated heterocycles. The number of anilines is 3. The standard InChI is InChI=1S/C25H28BNO2/c1-19-11-9-10-14-23(19)27(21-12-7-6-8-13-21)22-17-15-20(16-18-22)26-28-24(2,3)25(4,5)29-26/h6-18H,1-5H3. The van der Waals surface area contributed by atoms with Crippen LogP contribution < -0.4 is 10.4 Å². The van der Waals surface area contributed by atoms with Crippen LogP contribution in [0.5, 0.6) is 0 Å². The third-order valence-corrected chi connectivity index (χ3v) is 6.05. The molecule has 0 aromatic heterocycles. The fraction of sp³-hybridized carbons (Fsp3) is 0.280. The summed E-state index contributed by atoms with van der Waals surface area (Å²) >= 11 is 0. The summed E-state index contributed by atoms with van der Waals surface area (Å²) in [4.78, 5) is 2.28. The summed E-state index contributed by atoms with van der Waals surface area (Å²) < 4.78 is 12.4. The molecule has 0 radical (unpaired) electrons. The lowest BCUT2D eigenvalue weighted by atomic mass is 9.79. The second-order valence-electron chi connectivity index (χ2n) is 8.64. The first kappa shape index (κ1) is 19.7. The SMILES string of the molecule is Cc1ccccc1N(c1ccccc1)c1ccc(B2OC(C)(C)C(C)(C)O2)cc1. The Hall–Kier alpha value is -2.56. The molecule has 1 heterocycles. The third kappa shape index (κ3) is 3.70. The van der Waals surface area contributed by atoms with Crippen LogP contribution in [-0.2, 0) is 9.31 Å². The van der Waals surface area contributed by atoms with E-state index in [1.807, 2.05) is 6.07 Å². The fourth-order valence-electron chi connectivity index (χ4n) is 3.58. The van der Waals surface area contributed by atoms with Gasteiger partial charge in [-0.2, -0.15) is 0 Å². The first-order valence-corrected chi connectivity index (χ1v) is 10.1. The van der Waals surface area contributed by atoms with Crippen molar-refractivity contribution >= 4 is 29.6 Å². The molecular weight excluding hydrogens is 357 g/mol. The number of benzene rings is 3. The van der Waals surface area contributed by atoms with E-state index in [-0.39, 0.29) is 18.3 Å². The minimum Gasteiger partial charge on any atom is -0.399 e. The predicted molar refractivity (Wildman–Crippen MR) is 122 cm³/mol. The van der Waals surface area contributed by atoms with Crippen LogP contribution in [0.3, 0.4) is 0 Å². The molecule has 148 valence electrons. The molecule has 29 heavy (non-hydrogen) atoms. The summed E-state index contributed by atoms with van der Waals surface area (Å²) in [6, 6.07) is 27.4. The van der Waals surface area contributed by atoms with Crippen molar-refractivity contribution in [3.8, 4) is 0 Å². The number of nitrogens with zero attached hydrogens (tertiary/aromatic N) is 1. The Kier molecular flexibility index (Phi) is 5.01. The van der Waals surface area contributed by atoms with E-state index in [4.69, 9.17) is 9.31 Å². The molecular formula is C25H28BNO2. The summed E-state index contributed by atoms with van der Waals surface area (Å²) in [6.45, 7) is 10.5. The summed E-state index contributed by atoms with van der Waals surface area (Å²) in [5, 5.41) is 0. The zero-order chi connectivity index (χ0) is 20.6. The molecule has 0 amide bonds. The highest BCUT2D eigenvalue weighted by molar-refractivity contribution is 6.62. The maximum absolute atomic E-state index is 6.20. The summed E-state index contributed by atoms with van der Waals surface area (Å²) in [5.41, 5.74) is 4.98. The number of hydrogen-bond donors (Lipinski definition) is 0. The minimum absolute atomic E-state index is 0.340. The van der Waals surface area contributed by atoms with Gasteiger partial charge >= 0.3 is 7.12 Å². The van der Waals surface area contributed by atoms with Crippen LogP contribution in [0.2, 0.25) is 0 Å². The van der Waals surface area contributed by atoms with E-state index in [0.717, 1.165) is 16.8 Å². The predicted octanol–water partition coefficient (Wildman–Crippen LogP) is 5.76. The summed E-state index contributed by atoms with van der Waals surface area (Å²) in [6.07, 6.45) is 0. The molecule has 0 spiro atoms. The van der Waals surface area contributed by atoms with Crippen molar-refractivity contribution in [1.82, 2.24) is 0 Å². The highest BCUT2D eigenvalue weighted by Gasteiger charge is 2.51. The molecule has 1 aliphatic rings. The van der Waals surface area contributed by atoms with Crippen molar-refractivity contribution in [1.29, 1.82) is 0 Å². The Morgan fingerprint density at radius 1 is 0.655 bits per heavy atom. The van der Waals surface area contributed by atoms with Crippen molar-refractivity contribution in [2.45, 2.75) is 45.8 Å². The average molecular weight is 385 g/mol. The van der Waals surface area contributed by atoms with Gasteiger partial charge in [-0.1, -0.05) is 48.5 Å². The lowest BCUT2D eigenvalue weighted by molar-refractivity contribution is 0.00578. The van der Waals surface area contributed by atoms with Crippen molar-refractivity contribution < 1.29 is 9.31 Å². The van der Waals surface area contributed by atoms with Gasteiger partial charge in [-0.15, -0.1) is 0 Å². The van der Waals surface area contributed by atoms with Gasteiger partial charge in [-0.3, -0.25) is 0 Å². The van der Waals surface area contributed by atoms with Gasteiger partial charge < -0.3 is 14.2 Å². The Morgan fingerprint density at radius 2 is 1.17 bits per heavy atom. The van der Waals surface area contributed by atoms with E-state index in [1.165, 1.54) is 11.3 Å². The van der Waals surface area contributed by atoms with Gasteiger partial charge in [-0.25, -0.2) is 0 Å². The zero-order valence-corrected chi connectivity index (χ0v) is 17.8. The first-order chi connectivity index (χ1) is 13.8. The number of hydrogen-bond acceptors (Lipinski definition) is 3. The van der Waals surface area contributed by atoms with Crippen LogP contribution in [-0.4, -0.2) is 18.3 Å². The molecule has 0 unspecified atom stereocenters. The Labute approximate surface area is 174 Å². The highest BCUT2D eigenvalue weighted by atomic mass is 16.7. The molecule has 4 rings (SSSR count). The molecule has 0 saturated carbocycles. The fourth-order valence-corrected chi connectivity index (χ4v) is 3.58. The molecule has 4 heteroatoms. The van der Waals surface area contributed by atoms with Crippen molar-refractivity contribution in [3.05, 3.63) is 84.4 Å². The molecule has 0 bridgehead atoms. The van der Waals surface area contributed by atoms with Crippen LogP contribution in [0.25, 0.3) is 0 Å². The first-order valence-electron chi connectivity index (χ1n) is 10.1. The molecule has 1 fully saturated rings. The molecule has 3 nitrogen and oxygen atoms in total. The van der Waals surface area contributed by atoms with Gasteiger partial charge in [-0.05, 0) is 76.0 Å². The topological polar surface area (TPSA) is 21.7 Å². The van der Waals surface area contributed by atoms with Crippen LogP contribution in [0.1, 0.15) is 33.3 Å². The molecule has 1 aliphatic heterocycles. The lowest BCUT2D eigenvalue weighted by Crippen LogP contribution is -2.41. The Balaban J connectivity index is 1.70. The molecule has 0 aliphatic carbocycles. The lowest BCUT2D eigenvalue weighted by Gasteiger charge is -2.32. The zero-order valence-electron chi connectivity index (χ0n) is 17.8. The van der Waals surface area contributed by atoms with Gasteiger partial charge in [0.05, 0.1) is 11.2 Å². The van der Waals surface area contributed by atoms with E-state index < -0.39 is 0 Å². The monoisotopic (exact) mass is 385 g/mol. The van der Waals surface area contributed by atoms with E-state index in [1.54, 1.807) is 0 Å². The van der Waals surface area contributed by atoms with Gasteiger partial charge in [0.1, 0.15) is 0 Å². The van der Waals surface area contributed by atoms with E-state index >= 15 is 0 Å². The second-order valence-corrected chi connectivity index (χ2v) is 8.64. The minimum atomic E-state index is -0.349. The second kappa shape index (κ2) is 7.36. The Bertz CT molecular complexity index is 967. The maximum atomic E-state index is 6.20. The van der Waals surface area contributed by atoms with E-state index in [0.29, 0.717) is 0 Å². The van der Waals surface area contributed by atoms with Crippen LogP contribution >= 0.6 is 0 Å². The summed E-state index contributed by atoms with van der Waals surface area (Å²) in [5.74, 6) is 0. The van der Waals surface area contributed by atoms with E-state index in [2.05, 4.69) is 112 Å². The number of rotatable bonds is 4. The van der Waals surface area contributed by atoms with Gasteiger partial charge in [0.2, 0.25) is 0 Å². The molecule has 3 aromatic rings. The van der Waals surface area contributed by atoms with Gasteiger partial charge in [0.25, 0.3) is 0 Å². The van der Waals surface area contributed by atoms with E-state index in [9.17, 15) is 0 Å². The normalized spacial score (nSPS) is 17.3. The number of aryl methyl sites for hydroxylation is 1.